The molecule has 1 heterocycles. The number of ether oxygens (including phenoxy) is 2. The van der Waals surface area contributed by atoms with Gasteiger partial charge in [-0.1, -0.05) is 31.7 Å². The maximum atomic E-state index is 10.3. The summed E-state index contributed by atoms with van der Waals surface area (Å²) in [5, 5.41) is 13.6. The van der Waals surface area contributed by atoms with Crippen LogP contribution in [0.3, 0.4) is 0 Å². The molecule has 0 spiro atoms. The summed E-state index contributed by atoms with van der Waals surface area (Å²) in [6.45, 7) is 2.75. The molecule has 1 fully saturated rings. The van der Waals surface area contributed by atoms with Crippen molar-refractivity contribution in [1.29, 1.82) is 0 Å². The predicted molar refractivity (Wildman–Crippen MR) is 81.8 cm³/mol. The number of hydrogen-bond acceptors (Lipinski definition) is 4. The summed E-state index contributed by atoms with van der Waals surface area (Å²) in [7, 11) is 0. The van der Waals surface area contributed by atoms with Crippen molar-refractivity contribution < 1.29 is 14.6 Å². The number of aliphatic hydroxyl groups excluding tert-OH is 1. The van der Waals surface area contributed by atoms with Crippen molar-refractivity contribution >= 4 is 0 Å². The lowest BCUT2D eigenvalue weighted by Gasteiger charge is -2.20. The summed E-state index contributed by atoms with van der Waals surface area (Å²) in [5.74, 6) is 2.40. The Kier molecular flexibility index (Phi) is 4.99. The van der Waals surface area contributed by atoms with Crippen molar-refractivity contribution in [1.82, 2.24) is 5.32 Å². The van der Waals surface area contributed by atoms with Gasteiger partial charge in [-0.15, -0.1) is 0 Å². The van der Waals surface area contributed by atoms with Gasteiger partial charge < -0.3 is 19.9 Å². The molecule has 0 bridgehead atoms. The molecule has 0 amide bonds. The third-order valence-electron chi connectivity index (χ3n) is 4.49. The van der Waals surface area contributed by atoms with Gasteiger partial charge >= 0.3 is 0 Å². The summed E-state index contributed by atoms with van der Waals surface area (Å²) in [6, 6.07) is 5.68. The Morgan fingerprint density at radius 1 is 1.14 bits per heavy atom. The highest BCUT2D eigenvalue weighted by Crippen LogP contribution is 2.32. The standard InChI is InChI=1S/C17H25NO3/c19-15(12-18-8-7-13-3-1-2-4-13)14-5-6-16-17(11-14)21-10-9-20-16/h5-6,11,13,15,18-19H,1-4,7-10,12H2. The first kappa shape index (κ1) is 14.7. The van der Waals surface area contributed by atoms with Crippen LogP contribution in [-0.4, -0.2) is 31.4 Å². The van der Waals surface area contributed by atoms with Crippen LogP contribution in [0.2, 0.25) is 0 Å². The van der Waals surface area contributed by atoms with Crippen molar-refractivity contribution in [3.63, 3.8) is 0 Å². The normalized spacial score (nSPS) is 19.7. The van der Waals surface area contributed by atoms with Gasteiger partial charge in [0.2, 0.25) is 0 Å². The van der Waals surface area contributed by atoms with Crippen molar-refractivity contribution in [3.8, 4) is 11.5 Å². The lowest BCUT2D eigenvalue weighted by atomic mass is 10.0. The average molecular weight is 291 g/mol. The average Bonchev–Trinajstić information content (AvgIpc) is 3.04. The zero-order valence-corrected chi connectivity index (χ0v) is 12.5. The second-order valence-corrected chi connectivity index (χ2v) is 6.06. The highest BCUT2D eigenvalue weighted by Gasteiger charge is 2.16. The van der Waals surface area contributed by atoms with E-state index in [-0.39, 0.29) is 0 Å². The molecule has 1 unspecified atom stereocenters. The number of rotatable bonds is 6. The van der Waals surface area contributed by atoms with Crippen LogP contribution in [0.5, 0.6) is 11.5 Å². The van der Waals surface area contributed by atoms with Gasteiger partial charge in [-0.25, -0.2) is 0 Å². The van der Waals surface area contributed by atoms with Crippen LogP contribution >= 0.6 is 0 Å². The second-order valence-electron chi connectivity index (χ2n) is 6.06. The fraction of sp³-hybridized carbons (Fsp3) is 0.647. The van der Waals surface area contributed by atoms with E-state index in [1.165, 1.54) is 32.1 Å². The maximum absolute atomic E-state index is 10.3. The van der Waals surface area contributed by atoms with Crippen LogP contribution in [0.4, 0.5) is 0 Å². The van der Waals surface area contributed by atoms with Crippen molar-refractivity contribution in [2.45, 2.75) is 38.2 Å². The first-order valence-corrected chi connectivity index (χ1v) is 8.11. The van der Waals surface area contributed by atoms with Crippen LogP contribution in [0.25, 0.3) is 0 Å². The van der Waals surface area contributed by atoms with E-state index in [2.05, 4.69) is 5.32 Å². The number of aliphatic hydroxyl groups is 1. The summed E-state index contributed by atoms with van der Waals surface area (Å²) >= 11 is 0. The molecule has 0 saturated heterocycles. The zero-order valence-electron chi connectivity index (χ0n) is 12.5. The Hall–Kier alpha value is -1.26. The van der Waals surface area contributed by atoms with Gasteiger partial charge in [0, 0.05) is 6.54 Å². The molecule has 1 aromatic carbocycles. The third-order valence-corrected chi connectivity index (χ3v) is 4.49. The topological polar surface area (TPSA) is 50.7 Å². The molecular formula is C17H25NO3. The first-order chi connectivity index (χ1) is 10.3. The minimum absolute atomic E-state index is 0.496. The lowest BCUT2D eigenvalue weighted by Crippen LogP contribution is -2.24. The van der Waals surface area contributed by atoms with Gasteiger partial charge in [0.05, 0.1) is 6.10 Å². The summed E-state index contributed by atoms with van der Waals surface area (Å²) in [6.07, 6.45) is 6.28. The molecule has 2 N–H and O–H groups in total. The largest absolute Gasteiger partial charge is 0.486 e. The molecule has 0 aromatic heterocycles. The smallest absolute Gasteiger partial charge is 0.161 e. The Labute approximate surface area is 126 Å². The fourth-order valence-corrected chi connectivity index (χ4v) is 3.23. The number of benzene rings is 1. The molecule has 2 aliphatic rings. The molecular weight excluding hydrogens is 266 g/mol. The molecule has 1 saturated carbocycles. The number of nitrogens with one attached hydrogen (secondary N) is 1. The molecule has 4 heteroatoms. The van der Waals surface area contributed by atoms with E-state index in [1.54, 1.807) is 0 Å². The minimum Gasteiger partial charge on any atom is -0.486 e. The van der Waals surface area contributed by atoms with E-state index in [4.69, 9.17) is 9.47 Å². The van der Waals surface area contributed by atoms with Crippen molar-refractivity contribution in [2.75, 3.05) is 26.3 Å². The van der Waals surface area contributed by atoms with Crippen LogP contribution in [0.1, 0.15) is 43.8 Å². The fourth-order valence-electron chi connectivity index (χ4n) is 3.23. The van der Waals surface area contributed by atoms with Gasteiger partial charge in [0.15, 0.2) is 11.5 Å². The van der Waals surface area contributed by atoms with E-state index in [1.807, 2.05) is 18.2 Å². The van der Waals surface area contributed by atoms with Crippen LogP contribution < -0.4 is 14.8 Å². The highest BCUT2D eigenvalue weighted by atomic mass is 16.6. The summed E-state index contributed by atoms with van der Waals surface area (Å²) in [5.41, 5.74) is 0.882. The van der Waals surface area contributed by atoms with Crippen molar-refractivity contribution in [3.05, 3.63) is 23.8 Å². The molecule has 0 radical (unpaired) electrons. The molecule has 1 aliphatic heterocycles. The van der Waals surface area contributed by atoms with Crippen LogP contribution in [0, 0.1) is 5.92 Å². The van der Waals surface area contributed by atoms with Crippen LogP contribution in [-0.2, 0) is 0 Å². The monoisotopic (exact) mass is 291 g/mol. The molecule has 1 aliphatic carbocycles. The molecule has 1 atom stereocenters. The third kappa shape index (κ3) is 3.89. The molecule has 4 nitrogen and oxygen atoms in total. The highest BCUT2D eigenvalue weighted by molar-refractivity contribution is 5.44. The first-order valence-electron chi connectivity index (χ1n) is 8.11. The van der Waals surface area contributed by atoms with Crippen molar-refractivity contribution in [2.24, 2.45) is 5.92 Å². The summed E-state index contributed by atoms with van der Waals surface area (Å²) in [4.78, 5) is 0. The van der Waals surface area contributed by atoms with E-state index < -0.39 is 6.10 Å². The molecule has 3 rings (SSSR count). The minimum atomic E-state index is -0.496. The Balaban J connectivity index is 1.45. The Morgan fingerprint density at radius 2 is 1.90 bits per heavy atom. The number of fused-ring (bicyclic) bond motifs is 1. The number of hydrogen-bond donors (Lipinski definition) is 2. The van der Waals surface area contributed by atoms with E-state index in [0.717, 1.165) is 29.5 Å². The quantitative estimate of drug-likeness (QED) is 0.791. The SMILES string of the molecule is OC(CNCCC1CCCC1)c1ccc2c(c1)OCCO2. The predicted octanol–water partition coefficient (Wildman–Crippen LogP) is 2.66. The lowest BCUT2D eigenvalue weighted by molar-refractivity contribution is 0.163. The van der Waals surface area contributed by atoms with Gasteiger partial charge in [-0.05, 0) is 36.6 Å². The van der Waals surface area contributed by atoms with Gasteiger partial charge in [0.1, 0.15) is 13.2 Å². The molecule has 1 aromatic rings. The second kappa shape index (κ2) is 7.14. The van der Waals surface area contributed by atoms with Gasteiger partial charge in [0.25, 0.3) is 0 Å². The van der Waals surface area contributed by atoms with E-state index >= 15 is 0 Å². The molecule has 21 heavy (non-hydrogen) atoms. The summed E-state index contributed by atoms with van der Waals surface area (Å²) < 4.78 is 11.0. The Bertz CT molecular complexity index is 457. The van der Waals surface area contributed by atoms with Gasteiger partial charge in [-0.2, -0.15) is 0 Å². The maximum Gasteiger partial charge on any atom is 0.161 e. The van der Waals surface area contributed by atoms with E-state index in [9.17, 15) is 5.11 Å². The molecule has 116 valence electrons. The van der Waals surface area contributed by atoms with E-state index in [0.29, 0.717) is 19.8 Å². The van der Waals surface area contributed by atoms with Gasteiger partial charge in [-0.3, -0.25) is 0 Å². The van der Waals surface area contributed by atoms with Crippen LogP contribution in [0.15, 0.2) is 18.2 Å². The Morgan fingerprint density at radius 3 is 2.71 bits per heavy atom. The zero-order chi connectivity index (χ0) is 14.5.